The minimum atomic E-state index is -0.222. The zero-order valence-corrected chi connectivity index (χ0v) is 14.0. The van der Waals surface area contributed by atoms with Crippen LogP contribution in [0, 0.1) is 5.82 Å². The highest BCUT2D eigenvalue weighted by Gasteiger charge is 2.28. The van der Waals surface area contributed by atoms with Crippen molar-refractivity contribution < 1.29 is 4.39 Å². The van der Waals surface area contributed by atoms with Crippen LogP contribution in [0.2, 0.25) is 0 Å². The van der Waals surface area contributed by atoms with Gasteiger partial charge in [-0.25, -0.2) is 4.39 Å². The van der Waals surface area contributed by atoms with Gasteiger partial charge in [-0.1, -0.05) is 22.0 Å². The van der Waals surface area contributed by atoms with Crippen molar-refractivity contribution in [2.24, 2.45) is 5.84 Å². The zero-order chi connectivity index (χ0) is 14.8. The normalized spacial score (nSPS) is 19.3. The summed E-state index contributed by atoms with van der Waals surface area (Å²) in [6.07, 6.45) is 4.33. The van der Waals surface area contributed by atoms with E-state index in [1.54, 1.807) is 0 Å². The maximum absolute atomic E-state index is 13.2. The molecule has 1 aromatic carbocycles. The molecular weight excluding hydrogens is 351 g/mol. The zero-order valence-electron chi connectivity index (χ0n) is 11.6. The summed E-state index contributed by atoms with van der Waals surface area (Å²) in [5.74, 6) is 6.03. The highest BCUT2D eigenvalue weighted by atomic mass is 79.9. The van der Waals surface area contributed by atoms with Gasteiger partial charge < -0.3 is 0 Å². The third-order valence-corrected chi connectivity index (χ3v) is 5.99. The van der Waals surface area contributed by atoms with Gasteiger partial charge in [0, 0.05) is 21.3 Å². The summed E-state index contributed by atoms with van der Waals surface area (Å²) in [6.45, 7) is 0. The number of fused-ring (bicyclic) bond motifs is 1. The first-order valence-electron chi connectivity index (χ1n) is 7.15. The number of nitrogens with one attached hydrogen (secondary N) is 1. The lowest BCUT2D eigenvalue weighted by atomic mass is 9.80. The molecule has 2 nitrogen and oxygen atoms in total. The van der Waals surface area contributed by atoms with Crippen LogP contribution in [0.3, 0.4) is 0 Å². The molecule has 1 aromatic heterocycles. The fraction of sp³-hybridized carbons (Fsp3) is 0.375. The Morgan fingerprint density at radius 1 is 1.43 bits per heavy atom. The maximum Gasteiger partial charge on any atom is 0.124 e. The Labute approximate surface area is 136 Å². The number of benzene rings is 1. The van der Waals surface area contributed by atoms with Crippen LogP contribution >= 0.6 is 27.3 Å². The molecule has 1 aliphatic rings. The number of hydrazine groups is 1. The summed E-state index contributed by atoms with van der Waals surface area (Å²) >= 11 is 5.29. The predicted molar refractivity (Wildman–Crippen MR) is 88.9 cm³/mol. The summed E-state index contributed by atoms with van der Waals surface area (Å²) in [5, 5.41) is 2.17. The van der Waals surface area contributed by atoms with E-state index in [4.69, 9.17) is 5.84 Å². The first-order chi connectivity index (χ1) is 10.2. The number of thiophene rings is 1. The van der Waals surface area contributed by atoms with E-state index in [2.05, 4.69) is 32.8 Å². The van der Waals surface area contributed by atoms with E-state index in [9.17, 15) is 4.39 Å². The van der Waals surface area contributed by atoms with Crippen molar-refractivity contribution in [2.45, 2.75) is 37.6 Å². The van der Waals surface area contributed by atoms with Crippen LogP contribution in [-0.2, 0) is 12.8 Å². The van der Waals surface area contributed by atoms with E-state index in [0.29, 0.717) is 5.92 Å². The molecule has 0 saturated carbocycles. The van der Waals surface area contributed by atoms with E-state index < -0.39 is 0 Å². The Morgan fingerprint density at radius 3 is 3.05 bits per heavy atom. The lowest BCUT2D eigenvalue weighted by Gasteiger charge is -2.30. The van der Waals surface area contributed by atoms with Gasteiger partial charge in [0.25, 0.3) is 0 Å². The molecule has 5 heteroatoms. The number of nitrogens with two attached hydrogens (primary N) is 1. The second-order valence-corrected chi connectivity index (χ2v) is 7.37. The van der Waals surface area contributed by atoms with Crippen molar-refractivity contribution in [3.63, 3.8) is 0 Å². The molecule has 2 unspecified atom stereocenters. The molecule has 0 saturated heterocycles. The highest BCUT2D eigenvalue weighted by Crippen LogP contribution is 2.38. The van der Waals surface area contributed by atoms with E-state index in [0.717, 1.165) is 22.9 Å². The van der Waals surface area contributed by atoms with Gasteiger partial charge in [-0.2, -0.15) is 0 Å². The fourth-order valence-electron chi connectivity index (χ4n) is 3.18. The molecule has 2 aromatic rings. The Balaban J connectivity index is 1.83. The van der Waals surface area contributed by atoms with Crippen LogP contribution in [0.5, 0.6) is 0 Å². The van der Waals surface area contributed by atoms with Gasteiger partial charge in [0.1, 0.15) is 5.82 Å². The summed E-state index contributed by atoms with van der Waals surface area (Å²) in [7, 11) is 0. The second-order valence-electron chi connectivity index (χ2n) is 5.51. The molecule has 21 heavy (non-hydrogen) atoms. The van der Waals surface area contributed by atoms with Crippen molar-refractivity contribution in [1.29, 1.82) is 0 Å². The number of rotatable bonds is 4. The third-order valence-electron chi connectivity index (χ3n) is 4.25. The monoisotopic (exact) mass is 368 g/mol. The Morgan fingerprint density at radius 2 is 2.29 bits per heavy atom. The molecule has 112 valence electrons. The number of hydrogen-bond acceptors (Lipinski definition) is 3. The van der Waals surface area contributed by atoms with Gasteiger partial charge in [0.15, 0.2) is 0 Å². The van der Waals surface area contributed by atoms with Crippen molar-refractivity contribution in [3.8, 4) is 0 Å². The van der Waals surface area contributed by atoms with E-state index in [-0.39, 0.29) is 11.9 Å². The van der Waals surface area contributed by atoms with Crippen LogP contribution in [0.25, 0.3) is 0 Å². The van der Waals surface area contributed by atoms with E-state index in [1.807, 2.05) is 17.4 Å². The molecule has 0 bridgehead atoms. The van der Waals surface area contributed by atoms with Crippen molar-refractivity contribution in [3.05, 3.63) is 55.9 Å². The molecule has 3 N–H and O–H groups in total. The highest BCUT2D eigenvalue weighted by molar-refractivity contribution is 9.10. The molecule has 2 atom stereocenters. The summed E-state index contributed by atoms with van der Waals surface area (Å²) in [6, 6.07) is 7.25. The Kier molecular flexibility index (Phi) is 4.74. The van der Waals surface area contributed by atoms with Crippen LogP contribution in [-0.4, -0.2) is 6.04 Å². The summed E-state index contributed by atoms with van der Waals surface area (Å²) in [4.78, 5) is 1.49. The van der Waals surface area contributed by atoms with Crippen LogP contribution in [0.1, 0.15) is 34.8 Å². The van der Waals surface area contributed by atoms with E-state index >= 15 is 0 Å². The first-order valence-corrected chi connectivity index (χ1v) is 8.82. The maximum atomic E-state index is 13.2. The second kappa shape index (κ2) is 6.57. The molecule has 0 amide bonds. The molecule has 0 radical (unpaired) electrons. The molecule has 1 heterocycles. The fourth-order valence-corrected chi connectivity index (χ4v) is 4.69. The molecule has 1 aliphatic carbocycles. The molecule has 0 spiro atoms. The standard InChI is InChI=1S/C16H18BrFN2S/c17-14-9-11(18)5-4-10(14)8-15(20-19)12-2-1-3-16-13(12)6-7-21-16/h4-7,9,12,15,20H,1-3,8,19H2. The Bertz CT molecular complexity index is 628. The largest absolute Gasteiger partial charge is 0.271 e. The number of hydrogen-bond donors (Lipinski definition) is 2. The minimum absolute atomic E-state index is 0.167. The van der Waals surface area contributed by atoms with Gasteiger partial charge in [0.2, 0.25) is 0 Å². The average Bonchev–Trinajstić information content (AvgIpc) is 2.95. The van der Waals surface area contributed by atoms with Crippen LogP contribution < -0.4 is 11.3 Å². The van der Waals surface area contributed by atoms with Crippen molar-refractivity contribution in [1.82, 2.24) is 5.43 Å². The molecular formula is C16H18BrFN2S. The van der Waals surface area contributed by atoms with Gasteiger partial charge in [-0.3, -0.25) is 11.3 Å². The van der Waals surface area contributed by atoms with Crippen LogP contribution in [0.15, 0.2) is 34.1 Å². The SMILES string of the molecule is NNC(Cc1ccc(F)cc1Br)C1CCCc2sccc21. The minimum Gasteiger partial charge on any atom is -0.271 e. The number of aryl methyl sites for hydroxylation is 1. The smallest absolute Gasteiger partial charge is 0.124 e. The van der Waals surface area contributed by atoms with Gasteiger partial charge in [-0.05, 0) is 60.4 Å². The van der Waals surface area contributed by atoms with E-state index in [1.165, 1.54) is 35.4 Å². The topological polar surface area (TPSA) is 38.0 Å². The molecule has 0 fully saturated rings. The summed E-state index contributed by atoms with van der Waals surface area (Å²) < 4.78 is 14.0. The average molecular weight is 369 g/mol. The van der Waals surface area contributed by atoms with Crippen LogP contribution in [0.4, 0.5) is 4.39 Å². The van der Waals surface area contributed by atoms with Gasteiger partial charge in [-0.15, -0.1) is 11.3 Å². The molecule has 3 rings (SSSR count). The van der Waals surface area contributed by atoms with Crippen molar-refractivity contribution >= 4 is 27.3 Å². The lowest BCUT2D eigenvalue weighted by Crippen LogP contribution is -2.42. The number of halogens is 2. The lowest BCUT2D eigenvalue weighted by molar-refractivity contribution is 0.397. The predicted octanol–water partition coefficient (Wildman–Crippen LogP) is 4.14. The molecule has 0 aliphatic heterocycles. The van der Waals surface area contributed by atoms with Crippen molar-refractivity contribution in [2.75, 3.05) is 0 Å². The quantitative estimate of drug-likeness (QED) is 0.628. The first kappa shape index (κ1) is 15.2. The Hall–Kier alpha value is -0.750. The van der Waals surface area contributed by atoms with Gasteiger partial charge >= 0.3 is 0 Å². The third kappa shape index (κ3) is 3.21. The summed E-state index contributed by atoms with van der Waals surface area (Å²) in [5.41, 5.74) is 5.51. The van der Waals surface area contributed by atoms with Gasteiger partial charge in [0.05, 0.1) is 0 Å².